The van der Waals surface area contributed by atoms with E-state index in [0.29, 0.717) is 13.0 Å². The minimum absolute atomic E-state index is 0.135. The van der Waals surface area contributed by atoms with Crippen molar-refractivity contribution in [2.24, 2.45) is 0 Å². The summed E-state index contributed by atoms with van der Waals surface area (Å²) in [6, 6.07) is 27.7. The van der Waals surface area contributed by atoms with Gasteiger partial charge in [0.1, 0.15) is 5.82 Å². The van der Waals surface area contributed by atoms with Gasteiger partial charge in [0.05, 0.1) is 6.61 Å². The third-order valence-corrected chi connectivity index (χ3v) is 5.15. The molecule has 0 aliphatic heterocycles. The summed E-state index contributed by atoms with van der Waals surface area (Å²) in [5.41, 5.74) is 3.23. The van der Waals surface area contributed by atoms with Gasteiger partial charge in [0.2, 0.25) is 0 Å². The molecule has 0 spiro atoms. The van der Waals surface area contributed by atoms with E-state index in [4.69, 9.17) is 0 Å². The Balaban J connectivity index is 1.71. The van der Waals surface area contributed by atoms with Crippen molar-refractivity contribution in [3.63, 3.8) is 0 Å². The molecule has 0 unspecified atom stereocenters. The van der Waals surface area contributed by atoms with Crippen LogP contribution in [-0.4, -0.2) is 29.7 Å². The molecule has 1 N–H and O–H groups in total. The van der Waals surface area contributed by atoms with Crippen molar-refractivity contribution in [3.8, 4) is 0 Å². The van der Waals surface area contributed by atoms with Gasteiger partial charge in [-0.15, -0.1) is 0 Å². The van der Waals surface area contributed by atoms with E-state index in [1.165, 1.54) is 17.2 Å². The van der Waals surface area contributed by atoms with Crippen molar-refractivity contribution in [1.29, 1.82) is 0 Å². The largest absolute Gasteiger partial charge is 0.395 e. The smallest absolute Gasteiger partial charge is 0.126 e. The normalized spacial score (nSPS) is 12.2. The Morgan fingerprint density at radius 1 is 0.786 bits per heavy atom. The highest BCUT2D eigenvalue weighted by Gasteiger charge is 2.16. The van der Waals surface area contributed by atoms with Gasteiger partial charge in [0, 0.05) is 13.1 Å². The van der Waals surface area contributed by atoms with E-state index in [1.807, 2.05) is 48.5 Å². The Bertz CT molecular complexity index is 822. The number of aliphatic hydroxyl groups excluding tert-OH is 1. The standard InChI is InChI=1S/C25H28FNO/c26-25-14-8-7-13-24(25)19-23(22-11-5-2-6-12-22)15-16-27(17-18-28)20-21-9-3-1-4-10-21/h1-14,23,28H,15-20H2/t23-/m0/s1. The quantitative estimate of drug-likeness (QED) is 0.535. The molecule has 28 heavy (non-hydrogen) atoms. The molecule has 0 aromatic heterocycles. The number of nitrogens with zero attached hydrogens (tertiary/aromatic N) is 1. The molecule has 3 aromatic carbocycles. The lowest BCUT2D eigenvalue weighted by Crippen LogP contribution is -2.29. The van der Waals surface area contributed by atoms with Gasteiger partial charge in [0.25, 0.3) is 0 Å². The maximum atomic E-state index is 14.2. The molecular formula is C25H28FNO. The summed E-state index contributed by atoms with van der Waals surface area (Å²) in [5.74, 6) is 0.0926. The lowest BCUT2D eigenvalue weighted by Gasteiger charge is -2.25. The Labute approximate surface area is 167 Å². The van der Waals surface area contributed by atoms with Crippen molar-refractivity contribution in [3.05, 3.63) is 107 Å². The Hall–Kier alpha value is -2.49. The summed E-state index contributed by atoms with van der Waals surface area (Å²) in [5, 5.41) is 9.48. The van der Waals surface area contributed by atoms with Crippen LogP contribution < -0.4 is 0 Å². The van der Waals surface area contributed by atoms with E-state index in [9.17, 15) is 9.50 Å². The molecule has 0 saturated carbocycles. The summed E-state index contributed by atoms with van der Waals surface area (Å²) < 4.78 is 14.2. The van der Waals surface area contributed by atoms with Crippen molar-refractivity contribution in [2.45, 2.75) is 25.3 Å². The fraction of sp³-hybridized carbons (Fsp3) is 0.280. The molecule has 0 amide bonds. The third kappa shape index (κ3) is 6.01. The molecule has 3 aromatic rings. The average molecular weight is 378 g/mol. The average Bonchev–Trinajstić information content (AvgIpc) is 2.74. The minimum Gasteiger partial charge on any atom is -0.395 e. The molecule has 1 atom stereocenters. The van der Waals surface area contributed by atoms with Crippen molar-refractivity contribution >= 4 is 0 Å². The monoisotopic (exact) mass is 377 g/mol. The molecule has 2 nitrogen and oxygen atoms in total. The third-order valence-electron chi connectivity index (χ3n) is 5.15. The van der Waals surface area contributed by atoms with E-state index in [2.05, 4.69) is 29.2 Å². The van der Waals surface area contributed by atoms with Crippen LogP contribution in [-0.2, 0) is 13.0 Å². The summed E-state index contributed by atoms with van der Waals surface area (Å²) in [6.45, 7) is 2.43. The molecule has 0 fully saturated rings. The van der Waals surface area contributed by atoms with Crippen LogP contribution in [0.1, 0.15) is 29.0 Å². The highest BCUT2D eigenvalue weighted by molar-refractivity contribution is 5.25. The molecule has 0 bridgehead atoms. The van der Waals surface area contributed by atoms with Crippen LogP contribution in [0.4, 0.5) is 4.39 Å². The van der Waals surface area contributed by atoms with Gasteiger partial charge in [0.15, 0.2) is 0 Å². The maximum Gasteiger partial charge on any atom is 0.126 e. The molecule has 0 aliphatic rings. The second-order valence-electron chi connectivity index (χ2n) is 7.18. The van der Waals surface area contributed by atoms with Gasteiger partial charge in [-0.3, -0.25) is 4.90 Å². The zero-order valence-electron chi connectivity index (χ0n) is 16.2. The Kier molecular flexibility index (Phi) is 7.77. The number of aliphatic hydroxyl groups is 1. The molecule has 0 saturated heterocycles. The van der Waals surface area contributed by atoms with Crippen LogP contribution in [0, 0.1) is 5.82 Å². The van der Waals surface area contributed by atoms with Crippen LogP contribution in [0.3, 0.4) is 0 Å². The van der Waals surface area contributed by atoms with Gasteiger partial charge >= 0.3 is 0 Å². The predicted molar refractivity (Wildman–Crippen MR) is 113 cm³/mol. The zero-order valence-corrected chi connectivity index (χ0v) is 16.2. The van der Waals surface area contributed by atoms with Crippen LogP contribution in [0.2, 0.25) is 0 Å². The number of halogens is 1. The highest BCUT2D eigenvalue weighted by atomic mass is 19.1. The first kappa shape index (κ1) is 20.2. The molecule has 146 valence electrons. The van der Waals surface area contributed by atoms with E-state index in [0.717, 1.165) is 25.1 Å². The molecule has 0 radical (unpaired) electrons. The van der Waals surface area contributed by atoms with Gasteiger partial charge in [-0.05, 0) is 48.1 Å². The van der Waals surface area contributed by atoms with Gasteiger partial charge in [-0.2, -0.15) is 0 Å². The summed E-state index contributed by atoms with van der Waals surface area (Å²) in [7, 11) is 0. The van der Waals surface area contributed by atoms with Crippen LogP contribution in [0.25, 0.3) is 0 Å². The summed E-state index contributed by atoms with van der Waals surface area (Å²) >= 11 is 0. The van der Waals surface area contributed by atoms with Crippen molar-refractivity contribution in [1.82, 2.24) is 4.90 Å². The number of rotatable bonds is 10. The number of hydrogen-bond donors (Lipinski definition) is 1. The SMILES string of the molecule is OCCN(CC[C@@H](Cc1ccccc1F)c1ccccc1)Cc1ccccc1. The summed E-state index contributed by atoms with van der Waals surface area (Å²) in [6.07, 6.45) is 1.58. The minimum atomic E-state index is -0.139. The van der Waals surface area contributed by atoms with Gasteiger partial charge in [-0.25, -0.2) is 4.39 Å². The Morgan fingerprint density at radius 2 is 1.43 bits per heavy atom. The fourth-order valence-corrected chi connectivity index (χ4v) is 3.63. The first-order valence-electron chi connectivity index (χ1n) is 9.91. The number of hydrogen-bond acceptors (Lipinski definition) is 2. The number of benzene rings is 3. The summed E-state index contributed by atoms with van der Waals surface area (Å²) in [4.78, 5) is 2.27. The fourth-order valence-electron chi connectivity index (χ4n) is 3.63. The lowest BCUT2D eigenvalue weighted by molar-refractivity contribution is 0.185. The van der Waals surface area contributed by atoms with Crippen LogP contribution >= 0.6 is 0 Å². The predicted octanol–water partition coefficient (Wildman–Crippen LogP) is 5.04. The maximum absolute atomic E-state index is 14.2. The topological polar surface area (TPSA) is 23.5 Å². The zero-order chi connectivity index (χ0) is 19.6. The van der Waals surface area contributed by atoms with Gasteiger partial charge < -0.3 is 5.11 Å². The van der Waals surface area contributed by atoms with Gasteiger partial charge in [-0.1, -0.05) is 78.9 Å². The van der Waals surface area contributed by atoms with E-state index >= 15 is 0 Å². The molecule has 3 rings (SSSR count). The van der Waals surface area contributed by atoms with E-state index in [1.54, 1.807) is 6.07 Å². The lowest BCUT2D eigenvalue weighted by atomic mass is 9.89. The second kappa shape index (κ2) is 10.7. The van der Waals surface area contributed by atoms with Crippen LogP contribution in [0.5, 0.6) is 0 Å². The first-order valence-corrected chi connectivity index (χ1v) is 9.91. The molecule has 0 heterocycles. The molecule has 3 heteroatoms. The molecule has 0 aliphatic carbocycles. The first-order chi connectivity index (χ1) is 13.8. The second-order valence-corrected chi connectivity index (χ2v) is 7.18. The molecular weight excluding hydrogens is 349 g/mol. The van der Waals surface area contributed by atoms with Crippen LogP contribution in [0.15, 0.2) is 84.9 Å². The van der Waals surface area contributed by atoms with Crippen molar-refractivity contribution < 1.29 is 9.50 Å². The van der Waals surface area contributed by atoms with E-state index in [-0.39, 0.29) is 18.3 Å². The van der Waals surface area contributed by atoms with E-state index < -0.39 is 0 Å². The Morgan fingerprint density at radius 3 is 2.11 bits per heavy atom. The highest BCUT2D eigenvalue weighted by Crippen LogP contribution is 2.26. The van der Waals surface area contributed by atoms with Crippen molar-refractivity contribution in [2.75, 3.05) is 19.7 Å².